The van der Waals surface area contributed by atoms with E-state index in [1.54, 1.807) is 24.3 Å². The number of fused-ring (bicyclic) bond motifs is 1. The number of nitrogens with two attached hydrogens (primary N) is 1. The van der Waals surface area contributed by atoms with Crippen LogP contribution in [0.3, 0.4) is 0 Å². The van der Waals surface area contributed by atoms with Crippen LogP contribution in [0, 0.1) is 17.7 Å². The molecule has 0 spiro atoms. The van der Waals surface area contributed by atoms with E-state index < -0.39 is 29.2 Å². The second kappa shape index (κ2) is 5.65. The SMILES string of the molecule is Nc1nc(=O)n([C@H]2CC[C@H](N3C(=O)C4C=CC=CC4C3=O)C2)cc1F. The summed E-state index contributed by atoms with van der Waals surface area (Å²) in [6, 6.07) is -0.598. The van der Waals surface area contributed by atoms with E-state index in [2.05, 4.69) is 4.98 Å². The fourth-order valence-electron chi connectivity index (χ4n) is 4.01. The minimum absolute atomic E-state index is 0.199. The lowest BCUT2D eigenvalue weighted by molar-refractivity contribution is -0.142. The first-order valence-electron chi connectivity index (χ1n) is 8.23. The van der Waals surface area contributed by atoms with Gasteiger partial charge in [0.05, 0.1) is 11.8 Å². The number of carbonyl (C=O) groups is 2. The zero-order chi connectivity index (χ0) is 17.7. The maximum Gasteiger partial charge on any atom is 0.349 e. The highest BCUT2D eigenvalue weighted by atomic mass is 19.1. The van der Waals surface area contributed by atoms with Crippen molar-refractivity contribution in [3.63, 3.8) is 0 Å². The third-order valence-electron chi connectivity index (χ3n) is 5.25. The zero-order valence-corrected chi connectivity index (χ0v) is 13.3. The topological polar surface area (TPSA) is 98.3 Å². The van der Waals surface area contributed by atoms with Gasteiger partial charge in [0.25, 0.3) is 0 Å². The van der Waals surface area contributed by atoms with Gasteiger partial charge in [-0.3, -0.25) is 19.1 Å². The van der Waals surface area contributed by atoms with Crippen LogP contribution < -0.4 is 11.4 Å². The normalized spacial score (nSPS) is 31.0. The summed E-state index contributed by atoms with van der Waals surface area (Å²) in [5, 5.41) is 0. The summed E-state index contributed by atoms with van der Waals surface area (Å²) in [4.78, 5) is 42.0. The van der Waals surface area contributed by atoms with Crippen molar-refractivity contribution in [2.45, 2.75) is 31.3 Å². The molecule has 1 saturated heterocycles. The molecule has 1 aliphatic heterocycles. The molecule has 8 heteroatoms. The molecule has 4 atom stereocenters. The van der Waals surface area contributed by atoms with Crippen LogP contribution >= 0.6 is 0 Å². The number of aromatic nitrogens is 2. The minimum atomic E-state index is -0.752. The Morgan fingerprint density at radius 1 is 1.04 bits per heavy atom. The maximum atomic E-state index is 13.7. The van der Waals surface area contributed by atoms with Gasteiger partial charge in [0.15, 0.2) is 11.6 Å². The van der Waals surface area contributed by atoms with Gasteiger partial charge in [-0.1, -0.05) is 24.3 Å². The summed E-state index contributed by atoms with van der Waals surface area (Å²) in [5.41, 5.74) is 4.69. The number of rotatable bonds is 2. The number of anilines is 1. The van der Waals surface area contributed by atoms with E-state index in [1.807, 2.05) is 0 Å². The summed E-state index contributed by atoms with van der Waals surface area (Å²) < 4.78 is 14.9. The van der Waals surface area contributed by atoms with E-state index in [1.165, 1.54) is 9.47 Å². The van der Waals surface area contributed by atoms with Crippen LogP contribution in [0.25, 0.3) is 0 Å². The van der Waals surface area contributed by atoms with Gasteiger partial charge in [-0.05, 0) is 19.3 Å². The van der Waals surface area contributed by atoms with Crippen molar-refractivity contribution in [2.75, 3.05) is 5.73 Å². The molecule has 1 saturated carbocycles. The van der Waals surface area contributed by atoms with Crippen LogP contribution in [-0.4, -0.2) is 32.3 Å². The Hall–Kier alpha value is -2.77. The summed E-state index contributed by atoms with van der Waals surface area (Å²) in [5.74, 6) is -2.45. The van der Waals surface area contributed by atoms with E-state index in [4.69, 9.17) is 5.73 Å². The molecule has 2 heterocycles. The third kappa shape index (κ3) is 2.40. The van der Waals surface area contributed by atoms with Gasteiger partial charge < -0.3 is 5.73 Å². The molecule has 25 heavy (non-hydrogen) atoms. The smallest absolute Gasteiger partial charge is 0.349 e. The molecule has 4 rings (SSSR count). The molecule has 1 aromatic heterocycles. The minimum Gasteiger partial charge on any atom is -0.381 e. The molecule has 2 unspecified atom stereocenters. The summed E-state index contributed by atoms with van der Waals surface area (Å²) in [6.45, 7) is 0. The Labute approximate surface area is 142 Å². The van der Waals surface area contributed by atoms with Gasteiger partial charge in [-0.2, -0.15) is 4.98 Å². The third-order valence-corrected chi connectivity index (χ3v) is 5.25. The van der Waals surface area contributed by atoms with Gasteiger partial charge in [0, 0.05) is 18.3 Å². The molecule has 2 aliphatic carbocycles. The number of allylic oxidation sites excluding steroid dienone is 2. The molecule has 0 bridgehead atoms. The Balaban J connectivity index is 1.57. The molecule has 0 radical (unpaired) electrons. The number of likely N-dealkylation sites (tertiary alicyclic amines) is 1. The van der Waals surface area contributed by atoms with Crippen LogP contribution in [0.1, 0.15) is 25.3 Å². The van der Waals surface area contributed by atoms with E-state index >= 15 is 0 Å². The number of imide groups is 1. The molecule has 2 amide bonds. The van der Waals surface area contributed by atoms with E-state index in [9.17, 15) is 18.8 Å². The summed E-state index contributed by atoms with van der Waals surface area (Å²) in [6.07, 6.45) is 9.65. The maximum absolute atomic E-state index is 13.7. The van der Waals surface area contributed by atoms with Gasteiger partial charge in [-0.15, -0.1) is 0 Å². The average Bonchev–Trinajstić information content (AvgIpc) is 3.15. The van der Waals surface area contributed by atoms with Crippen LogP contribution in [0.15, 0.2) is 35.3 Å². The number of hydrogen-bond acceptors (Lipinski definition) is 5. The highest BCUT2D eigenvalue weighted by Crippen LogP contribution is 2.39. The fraction of sp³-hybridized carbons (Fsp3) is 0.412. The monoisotopic (exact) mass is 344 g/mol. The first-order chi connectivity index (χ1) is 12.0. The van der Waals surface area contributed by atoms with Gasteiger partial charge in [0.1, 0.15) is 0 Å². The number of halogens is 1. The van der Waals surface area contributed by atoms with Crippen LogP contribution in [0.2, 0.25) is 0 Å². The lowest BCUT2D eigenvalue weighted by Crippen LogP contribution is -2.39. The van der Waals surface area contributed by atoms with E-state index in [0.717, 1.165) is 6.20 Å². The summed E-state index contributed by atoms with van der Waals surface area (Å²) >= 11 is 0. The average molecular weight is 344 g/mol. The molecule has 1 aromatic rings. The number of nitrogens with zero attached hydrogens (tertiary/aromatic N) is 3. The van der Waals surface area contributed by atoms with Crippen molar-refractivity contribution in [1.29, 1.82) is 0 Å². The molecule has 3 aliphatic rings. The molecular formula is C17H17FN4O3. The Kier molecular flexibility index (Phi) is 3.55. The lowest BCUT2D eigenvalue weighted by Gasteiger charge is -2.23. The van der Waals surface area contributed by atoms with Crippen molar-refractivity contribution >= 4 is 17.6 Å². The Morgan fingerprint density at radius 2 is 1.64 bits per heavy atom. The molecule has 130 valence electrons. The number of hydrogen-bond donors (Lipinski definition) is 1. The number of amides is 2. The van der Waals surface area contributed by atoms with Crippen LogP contribution in [0.5, 0.6) is 0 Å². The largest absolute Gasteiger partial charge is 0.381 e. The zero-order valence-electron chi connectivity index (χ0n) is 13.3. The van der Waals surface area contributed by atoms with Crippen molar-refractivity contribution in [3.8, 4) is 0 Å². The Bertz CT molecular complexity index is 845. The fourth-order valence-corrected chi connectivity index (χ4v) is 4.01. The quantitative estimate of drug-likeness (QED) is 0.800. The molecule has 7 nitrogen and oxygen atoms in total. The first kappa shape index (κ1) is 15.7. The number of nitrogen functional groups attached to an aromatic ring is 1. The Morgan fingerprint density at radius 3 is 2.28 bits per heavy atom. The van der Waals surface area contributed by atoms with Crippen LogP contribution in [-0.2, 0) is 9.59 Å². The van der Waals surface area contributed by atoms with Crippen molar-refractivity contribution in [1.82, 2.24) is 14.5 Å². The van der Waals surface area contributed by atoms with Crippen molar-refractivity contribution < 1.29 is 14.0 Å². The first-order valence-corrected chi connectivity index (χ1v) is 8.23. The van der Waals surface area contributed by atoms with Crippen LogP contribution in [0.4, 0.5) is 10.2 Å². The highest BCUT2D eigenvalue weighted by Gasteiger charge is 2.49. The second-order valence-electron chi connectivity index (χ2n) is 6.65. The standard InChI is InChI=1S/C17H17FN4O3/c18-13-8-21(17(25)20-14(13)19)9-5-6-10(7-9)22-15(23)11-3-1-2-4-12(11)16(22)24/h1-4,8-12H,5-7H2,(H2,19,20,25)/t9-,10-,11?,12?/m0/s1. The van der Waals surface area contributed by atoms with Crippen molar-refractivity contribution in [2.24, 2.45) is 11.8 Å². The van der Waals surface area contributed by atoms with E-state index in [-0.39, 0.29) is 23.9 Å². The molecule has 0 aromatic carbocycles. The molecule has 2 fully saturated rings. The van der Waals surface area contributed by atoms with E-state index in [0.29, 0.717) is 19.3 Å². The highest BCUT2D eigenvalue weighted by molar-refractivity contribution is 6.07. The predicted molar refractivity (Wildman–Crippen MR) is 86.7 cm³/mol. The van der Waals surface area contributed by atoms with Gasteiger partial charge >= 0.3 is 5.69 Å². The second-order valence-corrected chi connectivity index (χ2v) is 6.65. The van der Waals surface area contributed by atoms with Gasteiger partial charge in [0.2, 0.25) is 11.8 Å². The predicted octanol–water partition coefficient (Wildman–Crippen LogP) is 0.785. The number of carbonyl (C=O) groups excluding carboxylic acids is 2. The molecular weight excluding hydrogens is 327 g/mol. The van der Waals surface area contributed by atoms with Gasteiger partial charge in [-0.25, -0.2) is 9.18 Å². The lowest BCUT2D eigenvalue weighted by atomic mass is 9.91. The molecule has 2 N–H and O–H groups in total. The van der Waals surface area contributed by atoms with Crippen molar-refractivity contribution in [3.05, 3.63) is 46.8 Å². The summed E-state index contributed by atoms with van der Waals surface area (Å²) in [7, 11) is 0.